The summed E-state index contributed by atoms with van der Waals surface area (Å²) in [5.41, 5.74) is 7.04. The van der Waals surface area contributed by atoms with Gasteiger partial charge in [0.1, 0.15) is 6.04 Å². The summed E-state index contributed by atoms with van der Waals surface area (Å²) in [6.07, 6.45) is 4.02. The monoisotopic (exact) mass is 537 g/mol. The van der Waals surface area contributed by atoms with Gasteiger partial charge in [0.2, 0.25) is 0 Å². The largest absolute Gasteiger partial charge is 0.480 e. The first-order chi connectivity index (χ1) is 19.0. The molecule has 4 aromatic carbocycles. The van der Waals surface area contributed by atoms with Gasteiger partial charge in [-0.2, -0.15) is 11.8 Å². The van der Waals surface area contributed by atoms with Crippen LogP contribution in [0.1, 0.15) is 45.0 Å². The number of carboxylic acids is 1. The summed E-state index contributed by atoms with van der Waals surface area (Å²) in [6.45, 7) is 2.03. The second kappa shape index (κ2) is 13.8. The smallest absolute Gasteiger partial charge is 0.326 e. The minimum absolute atomic E-state index is 0.265. The van der Waals surface area contributed by atoms with E-state index in [-0.39, 0.29) is 11.8 Å². The van der Waals surface area contributed by atoms with Gasteiger partial charge in [-0.25, -0.2) is 4.79 Å². The topological polar surface area (TPSA) is 66.4 Å². The van der Waals surface area contributed by atoms with E-state index in [4.69, 9.17) is 0 Å². The molecule has 2 atom stereocenters. The molecule has 4 aromatic rings. The molecule has 5 heteroatoms. The minimum atomic E-state index is -1.02. The Bertz CT molecular complexity index is 1390. The highest BCUT2D eigenvalue weighted by molar-refractivity contribution is 7.98. The van der Waals surface area contributed by atoms with Crippen LogP contribution in [0.25, 0.3) is 11.1 Å². The number of hydrogen-bond donors (Lipinski definition) is 2. The molecular formula is C34H35NO3S. The Morgan fingerprint density at radius 2 is 1.44 bits per heavy atom. The highest BCUT2D eigenvalue weighted by Gasteiger charge is 2.23. The average molecular weight is 538 g/mol. The van der Waals surface area contributed by atoms with E-state index in [1.54, 1.807) is 11.8 Å². The number of carbonyl (C=O) groups excluding carboxylic acids is 1. The molecule has 0 aliphatic rings. The summed E-state index contributed by atoms with van der Waals surface area (Å²) in [4.78, 5) is 25.3. The zero-order chi connectivity index (χ0) is 27.6. The summed E-state index contributed by atoms with van der Waals surface area (Å²) in [7, 11) is 0. The molecule has 2 unspecified atom stereocenters. The number of hydrogen-bond acceptors (Lipinski definition) is 3. The molecule has 0 aromatic heterocycles. The van der Waals surface area contributed by atoms with Crippen LogP contribution < -0.4 is 5.32 Å². The van der Waals surface area contributed by atoms with Crippen LogP contribution in [0.3, 0.4) is 0 Å². The van der Waals surface area contributed by atoms with Crippen LogP contribution in [0.15, 0.2) is 103 Å². The quantitative estimate of drug-likeness (QED) is 0.201. The summed E-state index contributed by atoms with van der Waals surface area (Å²) < 4.78 is 0. The van der Waals surface area contributed by atoms with Crippen LogP contribution in [-0.4, -0.2) is 35.0 Å². The van der Waals surface area contributed by atoms with Crippen molar-refractivity contribution in [3.8, 4) is 11.1 Å². The van der Waals surface area contributed by atoms with Crippen molar-refractivity contribution in [3.05, 3.63) is 131 Å². The zero-order valence-corrected chi connectivity index (χ0v) is 23.3. The molecule has 2 N–H and O–H groups in total. The lowest BCUT2D eigenvalue weighted by Gasteiger charge is -2.20. The van der Waals surface area contributed by atoms with Crippen LogP contribution in [0.5, 0.6) is 0 Å². The van der Waals surface area contributed by atoms with Crippen molar-refractivity contribution in [2.24, 2.45) is 0 Å². The van der Waals surface area contributed by atoms with Crippen molar-refractivity contribution < 1.29 is 14.7 Å². The summed E-state index contributed by atoms with van der Waals surface area (Å²) >= 11 is 1.56. The highest BCUT2D eigenvalue weighted by atomic mass is 32.2. The van der Waals surface area contributed by atoms with Crippen molar-refractivity contribution in [2.45, 2.75) is 38.1 Å². The number of carbonyl (C=O) groups is 2. The molecular weight excluding hydrogens is 502 g/mol. The molecule has 1 amide bonds. The maximum Gasteiger partial charge on any atom is 0.326 e. The lowest BCUT2D eigenvalue weighted by atomic mass is 9.85. The van der Waals surface area contributed by atoms with Gasteiger partial charge < -0.3 is 10.4 Å². The van der Waals surface area contributed by atoms with Gasteiger partial charge in [-0.1, -0.05) is 97.1 Å². The molecule has 4 rings (SSSR count). The van der Waals surface area contributed by atoms with Crippen molar-refractivity contribution in [3.63, 3.8) is 0 Å². The van der Waals surface area contributed by atoms with Gasteiger partial charge in [0.25, 0.3) is 5.91 Å². The normalized spacial score (nSPS) is 12.5. The fraction of sp³-hybridized carbons (Fsp3) is 0.235. The number of amides is 1. The van der Waals surface area contributed by atoms with Crippen LogP contribution in [-0.2, 0) is 17.6 Å². The fourth-order valence-electron chi connectivity index (χ4n) is 4.96. The molecule has 0 bridgehead atoms. The standard InChI is InChI=1S/C34H35NO3S/c1-24-11-9-10-16-29(24)31-23-26(17-18-30(31)33(36)35-32(34(37)38)19-20-39-2)22-28(27-14-7-4-8-15-27)21-25-12-5-3-6-13-25/h3-18,23,28,32H,19-22H2,1-2H3,(H,35,36)(H,37,38). The Morgan fingerprint density at radius 1 is 0.795 bits per heavy atom. The molecule has 0 saturated carbocycles. The molecule has 0 heterocycles. The van der Waals surface area contributed by atoms with Crippen molar-refractivity contribution in [1.29, 1.82) is 0 Å². The third-order valence-corrected chi connectivity index (χ3v) is 7.70. The molecule has 0 fully saturated rings. The molecule has 4 nitrogen and oxygen atoms in total. The Balaban J connectivity index is 1.70. The predicted octanol–water partition coefficient (Wildman–Crippen LogP) is 7.17. The maximum atomic E-state index is 13.4. The molecule has 0 spiro atoms. The molecule has 0 aliphatic carbocycles. The number of rotatable bonds is 12. The predicted molar refractivity (Wildman–Crippen MR) is 162 cm³/mol. The number of benzene rings is 4. The Hall–Kier alpha value is -3.83. The summed E-state index contributed by atoms with van der Waals surface area (Å²) in [5, 5.41) is 12.4. The SMILES string of the molecule is CSCCC(NC(=O)c1ccc(CC(Cc2ccccc2)c2ccccc2)cc1-c1ccccc1C)C(=O)O. The van der Waals surface area contributed by atoms with E-state index < -0.39 is 12.0 Å². The number of thioether (sulfide) groups is 1. The van der Waals surface area contributed by atoms with E-state index in [9.17, 15) is 14.7 Å². The number of nitrogens with one attached hydrogen (secondary N) is 1. The van der Waals surface area contributed by atoms with Crippen LogP contribution in [0.2, 0.25) is 0 Å². The van der Waals surface area contributed by atoms with Gasteiger partial charge in [0.05, 0.1) is 0 Å². The van der Waals surface area contributed by atoms with Gasteiger partial charge in [-0.05, 0) is 83.6 Å². The van der Waals surface area contributed by atoms with E-state index >= 15 is 0 Å². The number of carboxylic acid groups (broad SMARTS) is 1. The Morgan fingerprint density at radius 3 is 2.10 bits per heavy atom. The minimum Gasteiger partial charge on any atom is -0.480 e. The zero-order valence-electron chi connectivity index (χ0n) is 22.5. The van der Waals surface area contributed by atoms with Crippen molar-refractivity contribution >= 4 is 23.6 Å². The van der Waals surface area contributed by atoms with E-state index in [0.29, 0.717) is 17.7 Å². The van der Waals surface area contributed by atoms with Gasteiger partial charge >= 0.3 is 5.97 Å². The van der Waals surface area contributed by atoms with Crippen LogP contribution >= 0.6 is 11.8 Å². The van der Waals surface area contributed by atoms with E-state index in [1.165, 1.54) is 11.1 Å². The molecule has 200 valence electrons. The van der Waals surface area contributed by atoms with Gasteiger partial charge in [-0.3, -0.25) is 4.79 Å². The maximum absolute atomic E-state index is 13.4. The van der Waals surface area contributed by atoms with Crippen molar-refractivity contribution in [2.75, 3.05) is 12.0 Å². The lowest BCUT2D eigenvalue weighted by molar-refractivity contribution is -0.139. The number of aliphatic carboxylic acids is 1. The highest BCUT2D eigenvalue weighted by Crippen LogP contribution is 2.31. The van der Waals surface area contributed by atoms with Gasteiger partial charge in [0.15, 0.2) is 0 Å². The van der Waals surface area contributed by atoms with Crippen molar-refractivity contribution in [1.82, 2.24) is 5.32 Å². The third-order valence-electron chi connectivity index (χ3n) is 7.06. The van der Waals surface area contributed by atoms with Crippen LogP contribution in [0, 0.1) is 6.92 Å². The first kappa shape index (κ1) is 28.2. The van der Waals surface area contributed by atoms with Gasteiger partial charge in [-0.15, -0.1) is 0 Å². The lowest BCUT2D eigenvalue weighted by Crippen LogP contribution is -2.41. The average Bonchev–Trinajstić information content (AvgIpc) is 2.96. The molecule has 0 radical (unpaired) electrons. The number of aryl methyl sites for hydroxylation is 1. The fourth-order valence-corrected chi connectivity index (χ4v) is 5.43. The van der Waals surface area contributed by atoms with E-state index in [2.05, 4.69) is 59.9 Å². The van der Waals surface area contributed by atoms with E-state index in [1.807, 2.05) is 61.7 Å². The van der Waals surface area contributed by atoms with E-state index in [0.717, 1.165) is 35.1 Å². The summed E-state index contributed by atoms with van der Waals surface area (Å²) in [5.74, 6) is -0.459. The first-order valence-corrected chi connectivity index (χ1v) is 14.7. The molecule has 39 heavy (non-hydrogen) atoms. The first-order valence-electron chi connectivity index (χ1n) is 13.3. The summed E-state index contributed by atoms with van der Waals surface area (Å²) in [6, 6.07) is 34.1. The van der Waals surface area contributed by atoms with Gasteiger partial charge in [0, 0.05) is 5.56 Å². The van der Waals surface area contributed by atoms with Crippen LogP contribution in [0.4, 0.5) is 0 Å². The second-order valence-corrected chi connectivity index (χ2v) is 10.8. The Labute approximate surface area is 235 Å². The second-order valence-electron chi connectivity index (χ2n) is 9.84. The molecule has 0 aliphatic heterocycles. The molecule has 0 saturated heterocycles. The Kier molecular flexibility index (Phi) is 9.98. The third kappa shape index (κ3) is 7.61.